The summed E-state index contributed by atoms with van der Waals surface area (Å²) in [5, 5.41) is 0.464. The zero-order chi connectivity index (χ0) is 21.1. The van der Waals surface area contributed by atoms with Gasteiger partial charge in [0, 0.05) is 20.1 Å². The monoisotopic (exact) mass is 430 g/mol. The second kappa shape index (κ2) is 9.03. The average Bonchev–Trinajstić information content (AvgIpc) is 3.04. The highest BCUT2D eigenvalue weighted by molar-refractivity contribution is 7.88. The molecule has 0 aliphatic rings. The van der Waals surface area contributed by atoms with E-state index in [2.05, 4.69) is 4.98 Å². The van der Waals surface area contributed by atoms with E-state index in [1.807, 2.05) is 19.0 Å². The molecular weight excluding hydrogens is 404 g/mol. The molecule has 0 atom stereocenters. The van der Waals surface area contributed by atoms with Crippen LogP contribution in [0.2, 0.25) is 0 Å². The van der Waals surface area contributed by atoms with Crippen molar-refractivity contribution in [3.8, 4) is 11.5 Å². The molecule has 0 N–H and O–H groups in total. The van der Waals surface area contributed by atoms with Crippen molar-refractivity contribution in [2.24, 2.45) is 0 Å². The Morgan fingerprint density at radius 2 is 1.71 bits per heavy atom. The lowest BCUT2D eigenvalue weighted by molar-refractivity contribution is -0.118. The SMILES string of the molecule is COc1ccc(OC)c2sc(N(CCN(C)C)C(=O)CN(C)S(C)(=O)=O)nc12. The molecule has 0 spiro atoms. The minimum Gasteiger partial charge on any atom is -0.495 e. The molecule has 0 unspecified atom stereocenters. The van der Waals surface area contributed by atoms with Crippen LogP contribution in [0.3, 0.4) is 0 Å². The summed E-state index contributed by atoms with van der Waals surface area (Å²) >= 11 is 1.30. The van der Waals surface area contributed by atoms with E-state index in [9.17, 15) is 13.2 Å². The molecule has 0 aliphatic carbocycles. The second-order valence-electron chi connectivity index (χ2n) is 6.51. The number of nitrogens with zero attached hydrogens (tertiary/aromatic N) is 4. The van der Waals surface area contributed by atoms with Crippen LogP contribution in [0.25, 0.3) is 10.2 Å². The molecule has 1 amide bonds. The molecule has 1 heterocycles. The molecule has 0 fully saturated rings. The molecule has 9 nitrogen and oxygen atoms in total. The number of hydrogen-bond donors (Lipinski definition) is 0. The van der Waals surface area contributed by atoms with Crippen LogP contribution in [0.15, 0.2) is 12.1 Å². The summed E-state index contributed by atoms with van der Waals surface area (Å²) in [5.41, 5.74) is 0.598. The van der Waals surface area contributed by atoms with Gasteiger partial charge in [0.2, 0.25) is 15.9 Å². The van der Waals surface area contributed by atoms with Crippen molar-refractivity contribution < 1.29 is 22.7 Å². The van der Waals surface area contributed by atoms with Gasteiger partial charge in [-0.3, -0.25) is 9.69 Å². The van der Waals surface area contributed by atoms with Gasteiger partial charge in [0.1, 0.15) is 21.7 Å². The Balaban J connectivity index is 2.46. The van der Waals surface area contributed by atoms with E-state index in [0.29, 0.717) is 35.2 Å². The summed E-state index contributed by atoms with van der Waals surface area (Å²) in [4.78, 5) is 20.9. The molecule has 0 saturated carbocycles. The number of hydrogen-bond acceptors (Lipinski definition) is 8. The van der Waals surface area contributed by atoms with Crippen LogP contribution in [0.5, 0.6) is 11.5 Å². The smallest absolute Gasteiger partial charge is 0.244 e. The minimum atomic E-state index is -3.47. The number of likely N-dealkylation sites (N-methyl/N-ethyl adjacent to an activating group) is 2. The lowest BCUT2D eigenvalue weighted by atomic mass is 10.3. The number of ether oxygens (including phenoxy) is 2. The fourth-order valence-electron chi connectivity index (χ4n) is 2.41. The Labute approximate surface area is 169 Å². The predicted molar refractivity (Wildman–Crippen MR) is 111 cm³/mol. The quantitative estimate of drug-likeness (QED) is 0.588. The molecular formula is C17H26N4O5S2. The van der Waals surface area contributed by atoms with Crippen LogP contribution < -0.4 is 14.4 Å². The largest absolute Gasteiger partial charge is 0.495 e. The molecule has 0 saturated heterocycles. The first-order chi connectivity index (χ1) is 13.1. The molecule has 0 bridgehead atoms. The number of methoxy groups -OCH3 is 2. The van der Waals surface area contributed by atoms with Gasteiger partial charge in [0.05, 0.1) is 27.0 Å². The first-order valence-electron chi connectivity index (χ1n) is 8.46. The number of carbonyl (C=O) groups excluding carboxylic acids is 1. The van der Waals surface area contributed by atoms with E-state index in [4.69, 9.17) is 9.47 Å². The number of amides is 1. The molecule has 1 aromatic heterocycles. The van der Waals surface area contributed by atoms with Gasteiger partial charge in [0.25, 0.3) is 0 Å². The lowest BCUT2D eigenvalue weighted by Crippen LogP contribution is -2.43. The molecule has 156 valence electrons. The molecule has 28 heavy (non-hydrogen) atoms. The summed E-state index contributed by atoms with van der Waals surface area (Å²) in [6, 6.07) is 3.54. The number of thiazole rings is 1. The van der Waals surface area contributed by atoms with E-state index >= 15 is 0 Å². The second-order valence-corrected chi connectivity index (χ2v) is 9.58. The van der Waals surface area contributed by atoms with Crippen molar-refractivity contribution >= 4 is 42.6 Å². The van der Waals surface area contributed by atoms with Gasteiger partial charge in [0.15, 0.2) is 5.13 Å². The van der Waals surface area contributed by atoms with Gasteiger partial charge in [-0.25, -0.2) is 13.4 Å². The number of benzene rings is 1. The third kappa shape index (κ3) is 5.10. The lowest BCUT2D eigenvalue weighted by Gasteiger charge is -2.24. The maximum Gasteiger partial charge on any atom is 0.244 e. The summed E-state index contributed by atoms with van der Waals surface area (Å²) in [6.07, 6.45) is 1.07. The van der Waals surface area contributed by atoms with Crippen LogP contribution in [0, 0.1) is 0 Å². The van der Waals surface area contributed by atoms with Crippen LogP contribution >= 0.6 is 11.3 Å². The van der Waals surface area contributed by atoms with E-state index < -0.39 is 10.0 Å². The van der Waals surface area contributed by atoms with Crippen LogP contribution in [-0.2, 0) is 14.8 Å². The molecule has 2 aromatic rings. The molecule has 0 radical (unpaired) electrons. The summed E-state index contributed by atoms with van der Waals surface area (Å²) < 4.78 is 36.0. The topological polar surface area (TPSA) is 92.3 Å². The fourth-order valence-corrected chi connectivity index (χ4v) is 3.87. The average molecular weight is 431 g/mol. The van der Waals surface area contributed by atoms with E-state index in [0.717, 1.165) is 15.3 Å². The maximum atomic E-state index is 12.9. The Kier molecular flexibility index (Phi) is 7.21. The van der Waals surface area contributed by atoms with Gasteiger partial charge in [-0.15, -0.1) is 0 Å². The van der Waals surface area contributed by atoms with Crippen molar-refractivity contribution in [3.63, 3.8) is 0 Å². The van der Waals surface area contributed by atoms with Crippen molar-refractivity contribution in [1.82, 2.24) is 14.2 Å². The Hall–Kier alpha value is -1.95. The van der Waals surface area contributed by atoms with Crippen molar-refractivity contribution in [2.45, 2.75) is 0 Å². The first-order valence-corrected chi connectivity index (χ1v) is 11.1. The summed E-state index contributed by atoms with van der Waals surface area (Å²) in [7, 11) is 4.82. The molecule has 11 heteroatoms. The highest BCUT2D eigenvalue weighted by Gasteiger charge is 2.25. The Bertz CT molecular complexity index is 901. The maximum absolute atomic E-state index is 12.9. The fraction of sp³-hybridized carbons (Fsp3) is 0.529. The van der Waals surface area contributed by atoms with Gasteiger partial charge >= 0.3 is 0 Å². The standard InChI is InChI=1S/C17H26N4O5S2/c1-19(2)9-10-21(14(22)11-20(3)28(6,23)24)17-18-15-12(25-4)7-8-13(26-5)16(15)27-17/h7-8H,9-11H2,1-6H3. The van der Waals surface area contributed by atoms with Gasteiger partial charge in [-0.05, 0) is 26.2 Å². The summed E-state index contributed by atoms with van der Waals surface area (Å²) in [6.45, 7) is 0.697. The number of carbonyl (C=O) groups is 1. The van der Waals surface area contributed by atoms with E-state index in [1.165, 1.54) is 23.3 Å². The minimum absolute atomic E-state index is 0.267. The van der Waals surface area contributed by atoms with Crippen LogP contribution in [-0.4, -0.2) is 89.8 Å². The zero-order valence-corrected chi connectivity index (χ0v) is 18.6. The van der Waals surface area contributed by atoms with Crippen LogP contribution in [0.4, 0.5) is 5.13 Å². The van der Waals surface area contributed by atoms with Gasteiger partial charge < -0.3 is 14.4 Å². The third-order valence-corrected chi connectivity index (χ3v) is 6.48. The Morgan fingerprint density at radius 3 is 2.25 bits per heavy atom. The molecule has 2 rings (SSSR count). The van der Waals surface area contributed by atoms with Crippen molar-refractivity contribution in [1.29, 1.82) is 0 Å². The predicted octanol–water partition coefficient (Wildman–Crippen LogP) is 1.10. The van der Waals surface area contributed by atoms with Gasteiger partial charge in [-0.2, -0.15) is 4.31 Å². The van der Waals surface area contributed by atoms with E-state index in [-0.39, 0.29) is 12.5 Å². The molecule has 1 aromatic carbocycles. The van der Waals surface area contributed by atoms with Crippen molar-refractivity contribution in [3.05, 3.63) is 12.1 Å². The third-order valence-electron chi connectivity index (χ3n) is 4.13. The number of rotatable bonds is 9. The number of fused-ring (bicyclic) bond motifs is 1. The Morgan fingerprint density at radius 1 is 1.11 bits per heavy atom. The van der Waals surface area contributed by atoms with Gasteiger partial charge in [-0.1, -0.05) is 11.3 Å². The normalized spacial score (nSPS) is 12.0. The number of sulfonamides is 1. The molecule has 0 aliphatic heterocycles. The van der Waals surface area contributed by atoms with Crippen molar-refractivity contribution in [2.75, 3.05) is 66.2 Å². The van der Waals surface area contributed by atoms with E-state index in [1.54, 1.807) is 26.4 Å². The number of anilines is 1. The highest BCUT2D eigenvalue weighted by Crippen LogP contribution is 2.40. The summed E-state index contributed by atoms with van der Waals surface area (Å²) in [5.74, 6) is 0.853. The first kappa shape index (κ1) is 22.3. The zero-order valence-electron chi connectivity index (χ0n) is 16.9. The highest BCUT2D eigenvalue weighted by atomic mass is 32.2. The number of aromatic nitrogens is 1. The van der Waals surface area contributed by atoms with Crippen LogP contribution in [0.1, 0.15) is 0 Å².